The Morgan fingerprint density at radius 1 is 1.48 bits per heavy atom. The van der Waals surface area contributed by atoms with E-state index in [1.54, 1.807) is 0 Å². The van der Waals surface area contributed by atoms with Crippen molar-refractivity contribution in [3.8, 4) is 5.75 Å². The number of carbonyl (C=O) groups excluding carboxylic acids is 1. The van der Waals surface area contributed by atoms with E-state index in [0.29, 0.717) is 12.5 Å². The molecular formula is C14H17FN2O4. The molecule has 1 aromatic carbocycles. The highest BCUT2D eigenvalue weighted by molar-refractivity contribution is 5.91. The Morgan fingerprint density at radius 2 is 2.19 bits per heavy atom. The average molecular weight is 296 g/mol. The van der Waals surface area contributed by atoms with Crippen molar-refractivity contribution in [1.29, 1.82) is 0 Å². The number of anilines is 1. The molecule has 6 nitrogen and oxygen atoms in total. The van der Waals surface area contributed by atoms with Gasteiger partial charge in [0.15, 0.2) is 11.6 Å². The van der Waals surface area contributed by atoms with Crippen LogP contribution < -0.4 is 10.1 Å². The van der Waals surface area contributed by atoms with Crippen LogP contribution in [0.4, 0.5) is 14.9 Å². The Kier molecular flexibility index (Phi) is 4.62. The van der Waals surface area contributed by atoms with Gasteiger partial charge in [0.1, 0.15) is 6.54 Å². The minimum absolute atomic E-state index is 0.0772. The van der Waals surface area contributed by atoms with Crippen LogP contribution in [0.2, 0.25) is 0 Å². The summed E-state index contributed by atoms with van der Waals surface area (Å²) in [7, 11) is 1.35. The molecule has 0 heterocycles. The molecule has 0 unspecified atom stereocenters. The first-order valence-electron chi connectivity index (χ1n) is 6.61. The molecule has 0 radical (unpaired) electrons. The van der Waals surface area contributed by atoms with E-state index in [4.69, 9.17) is 9.84 Å². The summed E-state index contributed by atoms with van der Waals surface area (Å²) in [5, 5.41) is 11.3. The van der Waals surface area contributed by atoms with Crippen molar-refractivity contribution in [1.82, 2.24) is 4.90 Å². The molecule has 0 saturated heterocycles. The Hall–Kier alpha value is -2.31. The Labute approximate surface area is 121 Å². The zero-order valence-corrected chi connectivity index (χ0v) is 11.6. The predicted molar refractivity (Wildman–Crippen MR) is 73.9 cm³/mol. The van der Waals surface area contributed by atoms with Gasteiger partial charge in [-0.25, -0.2) is 9.18 Å². The maximum Gasteiger partial charge on any atom is 0.323 e. The topological polar surface area (TPSA) is 78.9 Å². The number of ether oxygens (including phenoxy) is 1. The zero-order valence-electron chi connectivity index (χ0n) is 11.6. The normalized spacial score (nSPS) is 13.6. The number of rotatable bonds is 6. The number of amides is 2. The van der Waals surface area contributed by atoms with Gasteiger partial charge < -0.3 is 20.1 Å². The summed E-state index contributed by atoms with van der Waals surface area (Å²) in [6.07, 6.45) is 2.00. The van der Waals surface area contributed by atoms with Gasteiger partial charge in [-0.15, -0.1) is 0 Å². The molecule has 2 rings (SSSR count). The van der Waals surface area contributed by atoms with Gasteiger partial charge in [0.25, 0.3) is 0 Å². The standard InChI is InChI=1S/C14H17FN2O4/c1-21-12-5-4-10(6-11(12)15)16-14(20)17(8-13(18)19)7-9-2-3-9/h4-6,9H,2-3,7-8H2,1H3,(H,16,20)(H,18,19). The molecule has 0 atom stereocenters. The van der Waals surface area contributed by atoms with E-state index in [2.05, 4.69) is 5.32 Å². The Bertz CT molecular complexity index is 546. The van der Waals surface area contributed by atoms with E-state index in [-0.39, 0.29) is 18.0 Å². The monoisotopic (exact) mass is 296 g/mol. The van der Waals surface area contributed by atoms with E-state index in [1.165, 1.54) is 24.1 Å². The lowest BCUT2D eigenvalue weighted by Crippen LogP contribution is -2.40. The number of nitrogens with zero attached hydrogens (tertiary/aromatic N) is 1. The van der Waals surface area contributed by atoms with Crippen molar-refractivity contribution in [3.63, 3.8) is 0 Å². The highest BCUT2D eigenvalue weighted by atomic mass is 19.1. The van der Waals surface area contributed by atoms with Gasteiger partial charge in [0.2, 0.25) is 0 Å². The second kappa shape index (κ2) is 6.43. The second-order valence-corrected chi connectivity index (χ2v) is 5.00. The SMILES string of the molecule is COc1ccc(NC(=O)N(CC(=O)O)CC2CC2)cc1F. The summed E-state index contributed by atoms with van der Waals surface area (Å²) in [5.41, 5.74) is 0.254. The van der Waals surface area contributed by atoms with Crippen LogP contribution in [0.1, 0.15) is 12.8 Å². The minimum Gasteiger partial charge on any atom is -0.494 e. The third-order valence-electron chi connectivity index (χ3n) is 3.19. The minimum atomic E-state index is -1.08. The van der Waals surface area contributed by atoms with E-state index >= 15 is 0 Å². The van der Waals surface area contributed by atoms with Crippen LogP contribution in [0.25, 0.3) is 0 Å². The van der Waals surface area contributed by atoms with Gasteiger partial charge in [-0.05, 0) is 30.9 Å². The molecule has 7 heteroatoms. The molecule has 1 aliphatic carbocycles. The van der Waals surface area contributed by atoms with Crippen molar-refractivity contribution >= 4 is 17.7 Å². The maximum atomic E-state index is 13.5. The number of carbonyl (C=O) groups is 2. The molecule has 0 bridgehead atoms. The molecule has 1 fully saturated rings. The lowest BCUT2D eigenvalue weighted by Gasteiger charge is -2.21. The summed E-state index contributed by atoms with van der Waals surface area (Å²) >= 11 is 0. The molecule has 114 valence electrons. The molecule has 21 heavy (non-hydrogen) atoms. The quantitative estimate of drug-likeness (QED) is 0.843. The number of benzene rings is 1. The largest absolute Gasteiger partial charge is 0.494 e. The van der Waals surface area contributed by atoms with Crippen LogP contribution >= 0.6 is 0 Å². The number of nitrogens with one attached hydrogen (secondary N) is 1. The zero-order chi connectivity index (χ0) is 15.4. The van der Waals surface area contributed by atoms with Crippen LogP contribution in [0.15, 0.2) is 18.2 Å². The van der Waals surface area contributed by atoms with Crippen molar-refractivity contribution in [3.05, 3.63) is 24.0 Å². The molecule has 1 aliphatic rings. The average Bonchev–Trinajstić information content (AvgIpc) is 3.21. The van der Waals surface area contributed by atoms with E-state index in [0.717, 1.165) is 18.9 Å². The lowest BCUT2D eigenvalue weighted by molar-refractivity contribution is -0.137. The highest BCUT2D eigenvalue weighted by Crippen LogP contribution is 2.30. The fraction of sp³-hybridized carbons (Fsp3) is 0.429. The molecule has 0 aromatic heterocycles. The van der Waals surface area contributed by atoms with E-state index in [9.17, 15) is 14.0 Å². The Morgan fingerprint density at radius 3 is 2.71 bits per heavy atom. The third kappa shape index (κ3) is 4.34. The van der Waals surface area contributed by atoms with Crippen LogP contribution in [-0.2, 0) is 4.79 Å². The van der Waals surface area contributed by atoms with Gasteiger partial charge in [-0.1, -0.05) is 0 Å². The van der Waals surface area contributed by atoms with E-state index < -0.39 is 17.8 Å². The maximum absolute atomic E-state index is 13.5. The van der Waals surface area contributed by atoms with Crippen molar-refractivity contribution in [2.45, 2.75) is 12.8 Å². The molecular weight excluding hydrogens is 279 g/mol. The smallest absolute Gasteiger partial charge is 0.323 e. The number of carboxylic acids is 1. The fourth-order valence-electron chi connectivity index (χ4n) is 1.94. The molecule has 1 saturated carbocycles. The molecule has 0 spiro atoms. The van der Waals surface area contributed by atoms with Crippen molar-refractivity contribution in [2.24, 2.45) is 5.92 Å². The van der Waals surface area contributed by atoms with Gasteiger partial charge in [0.05, 0.1) is 7.11 Å². The summed E-state index contributed by atoms with van der Waals surface area (Å²) in [4.78, 5) is 24.1. The number of carboxylic acid groups (broad SMARTS) is 1. The number of halogens is 1. The first kappa shape index (κ1) is 15.1. The molecule has 0 aliphatic heterocycles. The number of hydrogen-bond acceptors (Lipinski definition) is 3. The summed E-state index contributed by atoms with van der Waals surface area (Å²) < 4.78 is 18.3. The van der Waals surface area contributed by atoms with Gasteiger partial charge in [0, 0.05) is 18.3 Å². The highest BCUT2D eigenvalue weighted by Gasteiger charge is 2.28. The number of methoxy groups -OCH3 is 1. The van der Waals surface area contributed by atoms with E-state index in [1.807, 2.05) is 0 Å². The third-order valence-corrected chi connectivity index (χ3v) is 3.19. The summed E-state index contributed by atoms with van der Waals surface area (Å²) in [5.74, 6) is -1.23. The summed E-state index contributed by atoms with van der Waals surface area (Å²) in [6.45, 7) is 0.0255. The van der Waals surface area contributed by atoms with Crippen LogP contribution in [0, 0.1) is 11.7 Å². The van der Waals surface area contributed by atoms with Crippen LogP contribution in [0.5, 0.6) is 5.75 Å². The number of hydrogen-bond donors (Lipinski definition) is 2. The summed E-state index contributed by atoms with van der Waals surface area (Å²) in [6, 6.07) is 3.48. The molecule has 1 aromatic rings. The van der Waals surface area contributed by atoms with Crippen LogP contribution in [0.3, 0.4) is 0 Å². The Balaban J connectivity index is 2.02. The van der Waals surface area contributed by atoms with Crippen LogP contribution in [-0.4, -0.2) is 42.2 Å². The van der Waals surface area contributed by atoms with Gasteiger partial charge in [-0.2, -0.15) is 0 Å². The first-order chi connectivity index (χ1) is 9.99. The van der Waals surface area contributed by atoms with Crippen molar-refractivity contribution < 1.29 is 23.8 Å². The number of urea groups is 1. The fourth-order valence-corrected chi connectivity index (χ4v) is 1.94. The van der Waals surface area contributed by atoms with Gasteiger partial charge in [-0.3, -0.25) is 4.79 Å². The first-order valence-corrected chi connectivity index (χ1v) is 6.61. The lowest BCUT2D eigenvalue weighted by atomic mass is 10.3. The van der Waals surface area contributed by atoms with Gasteiger partial charge >= 0.3 is 12.0 Å². The number of aliphatic carboxylic acids is 1. The predicted octanol–water partition coefficient (Wildman–Crippen LogP) is 2.16. The second-order valence-electron chi connectivity index (χ2n) is 5.00. The molecule has 2 N–H and O–H groups in total. The molecule has 2 amide bonds. The van der Waals surface area contributed by atoms with Crippen molar-refractivity contribution in [2.75, 3.05) is 25.5 Å².